The van der Waals surface area contributed by atoms with Crippen molar-refractivity contribution < 1.29 is 109 Å². The van der Waals surface area contributed by atoms with Crippen LogP contribution in [0.3, 0.4) is 0 Å². The molecular weight excluding hydrogens is 1950 g/mol. The SMILES string of the molecule is CC(C)(C)Oc1ccc(/C=C2/Oc3ccc(Cl)cc3C2=O)cc1.CNC(=O)c1c(-c2ccc(F)cc2)oc2cc(N(C)S(C)(=O)=O)c(-c3ccc4c(c3)C(=O)/C(=C\c3ccc(OC(C)(C)C)cc3)O4)cc12.CNC(=O)c1c(-c2ccc(F)cc2)oc2cc(N(C)S(C)(=O)=O)c(-c3ccc4c(c3)C(=O)/C(=C\c3ccc(OC(C)(C)C)cc3)O4)cc12.CNC(=O)c1c(-c2ccc(F)cc2)oc2cc(N(C)S(C)(=O)=O)c(C)cc12. The second-order valence-electron chi connectivity index (χ2n) is 37.5. The van der Waals surface area contributed by atoms with Gasteiger partial charge in [0, 0.05) is 109 Å². The number of amides is 3. The summed E-state index contributed by atoms with van der Waals surface area (Å²) < 4.78 is 172. The number of fused-ring (bicyclic) bond motifs is 6. The van der Waals surface area contributed by atoms with Crippen LogP contribution in [0, 0.1) is 24.4 Å². The number of carbonyl (C=O) groups excluding carboxylic acids is 6. The van der Waals surface area contributed by atoms with Crippen LogP contribution in [-0.2, 0) is 30.1 Å². The Kier molecular flexibility index (Phi) is 29.3. The minimum Gasteiger partial charge on any atom is -0.488 e. The van der Waals surface area contributed by atoms with Gasteiger partial charge in [0.05, 0.1) is 69.2 Å². The fourth-order valence-corrected chi connectivity index (χ4v) is 17.9. The van der Waals surface area contributed by atoms with Gasteiger partial charge in [-0.2, -0.15) is 0 Å². The molecular formula is C112H102ClF3N6O21S3. The molecule has 0 bridgehead atoms. The summed E-state index contributed by atoms with van der Waals surface area (Å²) in [7, 11) is -2.23. The van der Waals surface area contributed by atoms with E-state index in [1.54, 1.807) is 104 Å². The van der Waals surface area contributed by atoms with Crippen LogP contribution in [-0.4, -0.2) is 138 Å². The van der Waals surface area contributed by atoms with E-state index in [1.807, 2.05) is 135 Å². The van der Waals surface area contributed by atoms with Gasteiger partial charge in [-0.3, -0.25) is 41.7 Å². The molecule has 0 aliphatic carbocycles. The highest BCUT2D eigenvalue weighted by molar-refractivity contribution is 7.92. The maximum atomic E-state index is 13.7. The van der Waals surface area contributed by atoms with Crippen LogP contribution < -0.4 is 57.3 Å². The lowest BCUT2D eigenvalue weighted by Gasteiger charge is -2.21. The largest absolute Gasteiger partial charge is 0.488 e. The predicted molar refractivity (Wildman–Crippen MR) is 561 cm³/mol. The lowest BCUT2D eigenvalue weighted by molar-refractivity contribution is 0.0956. The second-order valence-corrected chi connectivity index (χ2v) is 43.9. The lowest BCUT2D eigenvalue weighted by atomic mass is 9.96. The number of hydrogen-bond donors (Lipinski definition) is 3. The molecule has 3 amide bonds. The number of Topliss-reactive ketones (excluding diaryl/α,β-unsaturated/α-hetero) is 3. The predicted octanol–water partition coefficient (Wildman–Crippen LogP) is 23.3. The highest BCUT2D eigenvalue weighted by Gasteiger charge is 2.36. The first-order valence-corrected chi connectivity index (χ1v) is 51.5. The topological polar surface area (TPSA) is 345 Å². The van der Waals surface area contributed by atoms with Crippen LogP contribution in [0.2, 0.25) is 5.02 Å². The number of ether oxygens (including phenoxy) is 6. The highest BCUT2D eigenvalue weighted by atomic mass is 35.5. The molecule has 0 atom stereocenters. The first-order chi connectivity index (χ1) is 68.7. The Labute approximate surface area is 846 Å². The molecule has 0 saturated carbocycles. The van der Waals surface area contributed by atoms with Gasteiger partial charge in [0.1, 0.15) is 103 Å². The Morgan fingerprint density at radius 1 is 0.342 bits per heavy atom. The van der Waals surface area contributed by atoms with Gasteiger partial charge in [-0.1, -0.05) is 60.1 Å². The number of rotatable bonds is 20. The van der Waals surface area contributed by atoms with Gasteiger partial charge < -0.3 is 57.6 Å². The van der Waals surface area contributed by atoms with E-state index in [0.717, 1.165) is 54.1 Å². The summed E-state index contributed by atoms with van der Waals surface area (Å²) in [6.07, 6.45) is 8.27. The average molecular weight is 2060 g/mol. The van der Waals surface area contributed by atoms with Gasteiger partial charge in [-0.25, -0.2) is 38.4 Å². The molecule has 3 aliphatic heterocycles. The summed E-state index contributed by atoms with van der Waals surface area (Å²) in [5, 5.41) is 9.71. The Hall–Kier alpha value is -16.0. The van der Waals surface area contributed by atoms with Gasteiger partial charge in [-0.15, -0.1) is 0 Å². The Bertz CT molecular complexity index is 7910. The molecule has 3 aromatic heterocycles. The van der Waals surface area contributed by atoms with E-state index in [-0.39, 0.29) is 96.8 Å². The smallest absolute Gasteiger partial charge is 0.255 e. The molecule has 0 saturated heterocycles. The maximum Gasteiger partial charge on any atom is 0.255 e. The van der Waals surface area contributed by atoms with Crippen molar-refractivity contribution >= 4 is 145 Å². The summed E-state index contributed by atoms with van der Waals surface area (Å²) in [6.45, 7) is 19.5. The van der Waals surface area contributed by atoms with E-state index in [2.05, 4.69) is 16.0 Å². The molecule has 752 valence electrons. The first-order valence-electron chi connectivity index (χ1n) is 45.5. The Morgan fingerprint density at radius 3 is 0.884 bits per heavy atom. The monoisotopic (exact) mass is 2050 g/mol. The van der Waals surface area contributed by atoms with Crippen LogP contribution in [0.25, 0.3) is 107 Å². The zero-order valence-corrected chi connectivity index (χ0v) is 86.1. The van der Waals surface area contributed by atoms with Gasteiger partial charge in [-0.05, 0) is 291 Å². The van der Waals surface area contributed by atoms with Crippen molar-refractivity contribution in [3.8, 4) is 90.7 Å². The summed E-state index contributed by atoms with van der Waals surface area (Å²) in [4.78, 5) is 78.4. The van der Waals surface area contributed by atoms with Crippen LogP contribution in [0.1, 0.15) is 147 Å². The number of nitrogens with zero attached hydrogens (tertiary/aromatic N) is 3. The number of allylic oxidation sites excluding steroid dienone is 3. The Balaban J connectivity index is 0.000000153. The maximum absolute atomic E-state index is 13.7. The number of sulfonamides is 3. The van der Waals surface area contributed by atoms with E-state index in [9.17, 15) is 67.2 Å². The molecule has 6 heterocycles. The number of carbonyl (C=O) groups is 6. The molecule has 0 unspecified atom stereocenters. The minimum atomic E-state index is -3.75. The van der Waals surface area contributed by atoms with Crippen molar-refractivity contribution in [1.82, 2.24) is 16.0 Å². The molecule has 12 aromatic carbocycles. The molecule has 0 radical (unpaired) electrons. The normalized spacial score (nSPS) is 13.7. The van der Waals surface area contributed by atoms with Crippen molar-refractivity contribution in [3.05, 3.63) is 332 Å². The standard InChI is InChI=1S/2C37H33FN2O7S.C19H17ClO3.C19H19FN2O4S/c2*1-37(2,3)47-25-14-7-21(8-15-25)17-32-34(41)28-18-23(11-16-30(28)45-32)26-19-27-31(20-29(26)40(5)48(6,43)44)46-35(33(27)36(42)39-4)22-9-12-24(38)13-10-22;1-19(2,3)23-14-7-4-12(5-8-14)10-17-18(21)15-11-13(20)6-9-16(15)22-17;1-11-9-14-16(10-15(11)22(3)27(4,24)25)26-18(17(14)19(23)21-2)12-5-7-13(20)8-6-12/h2*7-20H,1-6H3,(H,39,42);4-11H,1-3H3;5-10H,1-4H3,(H,21,23)/b2*32-17+;17-10+;. The summed E-state index contributed by atoms with van der Waals surface area (Å²) in [5.74, 6) is 1.30. The summed E-state index contributed by atoms with van der Waals surface area (Å²) in [6, 6.07) is 63.5. The quantitative estimate of drug-likeness (QED) is 0.0597. The third-order valence-electron chi connectivity index (χ3n) is 23.2. The van der Waals surface area contributed by atoms with Crippen molar-refractivity contribution in [2.24, 2.45) is 0 Å². The first kappa shape index (κ1) is 104. The molecule has 3 N–H and O–H groups in total. The average Bonchev–Trinajstić information content (AvgIpc) is 1.58. The fraction of sp³-hybridized carbons (Fsp3) is 0.196. The third-order valence-corrected chi connectivity index (χ3v) is 27.0. The molecule has 15 aromatic rings. The van der Waals surface area contributed by atoms with Crippen molar-refractivity contribution in [3.63, 3.8) is 0 Å². The molecule has 18 rings (SSSR count). The molecule has 0 spiro atoms. The van der Waals surface area contributed by atoms with Crippen LogP contribution >= 0.6 is 11.6 Å². The van der Waals surface area contributed by atoms with Crippen LogP contribution in [0.15, 0.2) is 267 Å². The number of benzene rings is 12. The van der Waals surface area contributed by atoms with Gasteiger partial charge >= 0.3 is 0 Å². The molecule has 3 aliphatic rings. The van der Waals surface area contributed by atoms with Crippen LogP contribution in [0.5, 0.6) is 34.5 Å². The molecule has 0 fully saturated rings. The summed E-state index contributed by atoms with van der Waals surface area (Å²) in [5.41, 5.74) is 9.03. The minimum absolute atomic E-state index is 0.135. The van der Waals surface area contributed by atoms with Crippen LogP contribution in [0.4, 0.5) is 30.2 Å². The fourth-order valence-electron chi connectivity index (χ4n) is 16.1. The summed E-state index contributed by atoms with van der Waals surface area (Å²) >= 11 is 5.93. The zero-order chi connectivity index (χ0) is 106. The van der Waals surface area contributed by atoms with E-state index < -0.39 is 59.3 Å². The molecule has 146 heavy (non-hydrogen) atoms. The Morgan fingerprint density at radius 2 is 0.603 bits per heavy atom. The number of furan rings is 3. The van der Waals surface area contributed by atoms with E-state index in [0.29, 0.717) is 139 Å². The van der Waals surface area contributed by atoms with E-state index in [1.165, 1.54) is 127 Å². The van der Waals surface area contributed by atoms with Gasteiger partial charge in [0.15, 0.2) is 17.3 Å². The van der Waals surface area contributed by atoms with Crippen molar-refractivity contribution in [1.29, 1.82) is 0 Å². The van der Waals surface area contributed by atoms with E-state index >= 15 is 0 Å². The number of anilines is 3. The number of ketones is 3. The molecule has 34 heteroatoms. The number of nitrogens with one attached hydrogen (secondary N) is 3. The number of hydrogen-bond acceptors (Lipinski definition) is 21. The lowest BCUT2D eigenvalue weighted by Crippen LogP contribution is -2.25. The third kappa shape index (κ3) is 23.3. The number of halogens is 4. The second kappa shape index (κ2) is 41.0. The van der Waals surface area contributed by atoms with Gasteiger partial charge in [0.2, 0.25) is 47.4 Å². The van der Waals surface area contributed by atoms with Crippen molar-refractivity contribution in [2.75, 3.05) is 74.0 Å². The van der Waals surface area contributed by atoms with E-state index in [4.69, 9.17) is 53.3 Å². The zero-order valence-electron chi connectivity index (χ0n) is 82.9. The highest BCUT2D eigenvalue weighted by Crippen LogP contribution is 2.48. The van der Waals surface area contributed by atoms with Gasteiger partial charge in [0.25, 0.3) is 17.7 Å². The number of aryl methyl sites for hydroxylation is 1. The van der Waals surface area contributed by atoms with Crippen molar-refractivity contribution in [2.45, 2.75) is 86.0 Å². The molecule has 27 nitrogen and oxygen atoms in total.